The molecular formula is C12H11ClN2O2S. The smallest absolute Gasteiger partial charge is 0.212 e. The summed E-state index contributed by atoms with van der Waals surface area (Å²) in [6, 6.07) is 3.73. The summed E-state index contributed by atoms with van der Waals surface area (Å²) in [6.07, 6.45) is 2.39. The molecule has 2 rings (SSSR count). The first kappa shape index (κ1) is 13.0. The highest BCUT2D eigenvalue weighted by Gasteiger charge is 2.09. The minimum Gasteiger partial charge on any atom is -0.481 e. The number of thiazole rings is 1. The van der Waals surface area contributed by atoms with Crippen molar-refractivity contribution in [3.63, 3.8) is 0 Å². The monoisotopic (exact) mass is 282 g/mol. The summed E-state index contributed by atoms with van der Waals surface area (Å²) in [5.74, 6) is 0.399. The predicted octanol–water partition coefficient (Wildman–Crippen LogP) is 2.56. The third kappa shape index (κ3) is 3.05. The van der Waals surface area contributed by atoms with Crippen LogP contribution < -0.4 is 4.74 Å². The number of halogens is 1. The van der Waals surface area contributed by atoms with E-state index < -0.39 is 0 Å². The number of aromatic nitrogens is 2. The zero-order chi connectivity index (χ0) is 13.0. The van der Waals surface area contributed by atoms with E-state index in [1.165, 1.54) is 11.3 Å². The van der Waals surface area contributed by atoms with Crippen molar-refractivity contribution in [1.82, 2.24) is 9.97 Å². The number of ketones is 1. The largest absolute Gasteiger partial charge is 0.481 e. The summed E-state index contributed by atoms with van der Waals surface area (Å²) in [4.78, 5) is 19.7. The molecule has 0 saturated carbocycles. The zero-order valence-corrected chi connectivity index (χ0v) is 11.3. The van der Waals surface area contributed by atoms with Gasteiger partial charge in [-0.1, -0.05) is 6.07 Å². The van der Waals surface area contributed by atoms with Gasteiger partial charge in [0, 0.05) is 24.1 Å². The number of alkyl halides is 1. The molecule has 0 N–H and O–H groups in total. The van der Waals surface area contributed by atoms with Crippen molar-refractivity contribution in [1.29, 1.82) is 0 Å². The van der Waals surface area contributed by atoms with Gasteiger partial charge in [-0.2, -0.15) is 0 Å². The maximum absolute atomic E-state index is 11.3. The van der Waals surface area contributed by atoms with Crippen molar-refractivity contribution in [3.05, 3.63) is 40.0 Å². The Labute approximate surface area is 114 Å². The number of hydrogen-bond acceptors (Lipinski definition) is 5. The Morgan fingerprint density at radius 1 is 1.50 bits per heavy atom. The Morgan fingerprint density at radius 3 is 2.94 bits per heavy atom. The van der Waals surface area contributed by atoms with Crippen LogP contribution in [0.25, 0.3) is 0 Å². The van der Waals surface area contributed by atoms with Gasteiger partial charge in [0.05, 0.1) is 18.0 Å². The highest BCUT2D eigenvalue weighted by Crippen LogP contribution is 2.16. The third-order valence-corrected chi connectivity index (χ3v) is 3.41. The molecule has 0 spiro atoms. The summed E-state index contributed by atoms with van der Waals surface area (Å²) in [6.45, 7) is 0. The third-order valence-electron chi connectivity index (χ3n) is 2.32. The van der Waals surface area contributed by atoms with Crippen molar-refractivity contribution in [3.8, 4) is 5.88 Å². The lowest BCUT2D eigenvalue weighted by molar-refractivity contribution is 0.101. The van der Waals surface area contributed by atoms with Gasteiger partial charge in [-0.25, -0.2) is 9.97 Å². The highest BCUT2D eigenvalue weighted by atomic mass is 35.5. The van der Waals surface area contributed by atoms with Gasteiger partial charge in [-0.3, -0.25) is 4.79 Å². The Hall–Kier alpha value is -1.46. The van der Waals surface area contributed by atoms with Crippen LogP contribution in [-0.4, -0.2) is 28.7 Å². The molecule has 0 aliphatic rings. The molecule has 0 fully saturated rings. The van der Waals surface area contributed by atoms with Gasteiger partial charge in [-0.15, -0.1) is 22.9 Å². The number of rotatable bonds is 5. The van der Waals surface area contributed by atoms with E-state index >= 15 is 0 Å². The normalized spacial score (nSPS) is 10.3. The molecule has 0 amide bonds. The SMILES string of the molecule is COc1ccc(Cc2nc(C(=O)CCl)cs2)cn1. The number of pyridine rings is 1. The summed E-state index contributed by atoms with van der Waals surface area (Å²) >= 11 is 6.93. The van der Waals surface area contributed by atoms with Crippen molar-refractivity contribution >= 4 is 28.7 Å². The topological polar surface area (TPSA) is 52.1 Å². The Kier molecular flexibility index (Phi) is 4.28. The summed E-state index contributed by atoms with van der Waals surface area (Å²) in [7, 11) is 1.58. The van der Waals surface area contributed by atoms with Crippen LogP contribution in [0.4, 0.5) is 0 Å². The molecule has 2 aromatic heterocycles. The van der Waals surface area contributed by atoms with Gasteiger partial charge in [-0.05, 0) is 5.56 Å². The number of methoxy groups -OCH3 is 1. The molecule has 0 aromatic carbocycles. The van der Waals surface area contributed by atoms with Gasteiger partial charge >= 0.3 is 0 Å². The standard InChI is InChI=1S/C12H11ClN2O2S/c1-17-11-3-2-8(6-14-11)4-12-15-9(7-18-12)10(16)5-13/h2-3,6-7H,4-5H2,1H3. The van der Waals surface area contributed by atoms with E-state index in [1.54, 1.807) is 24.8 Å². The first-order chi connectivity index (χ1) is 8.72. The van der Waals surface area contributed by atoms with E-state index in [9.17, 15) is 4.79 Å². The first-order valence-corrected chi connectivity index (χ1v) is 6.67. The minimum absolute atomic E-state index is 0.0345. The first-order valence-electron chi connectivity index (χ1n) is 5.25. The van der Waals surface area contributed by atoms with Crippen molar-refractivity contribution in [2.24, 2.45) is 0 Å². The summed E-state index contributed by atoms with van der Waals surface area (Å²) < 4.78 is 4.99. The van der Waals surface area contributed by atoms with E-state index in [-0.39, 0.29) is 11.7 Å². The average molecular weight is 283 g/mol. The fourth-order valence-electron chi connectivity index (χ4n) is 1.40. The van der Waals surface area contributed by atoms with Crippen LogP contribution in [0.5, 0.6) is 5.88 Å². The Balaban J connectivity index is 2.08. The number of hydrogen-bond donors (Lipinski definition) is 0. The van der Waals surface area contributed by atoms with Crippen LogP contribution in [0.2, 0.25) is 0 Å². The van der Waals surface area contributed by atoms with Crippen molar-refractivity contribution in [2.45, 2.75) is 6.42 Å². The molecule has 0 radical (unpaired) electrons. The van der Waals surface area contributed by atoms with Crippen LogP contribution in [0.3, 0.4) is 0 Å². The number of carbonyl (C=O) groups is 1. The molecule has 4 nitrogen and oxygen atoms in total. The molecule has 0 bridgehead atoms. The Bertz CT molecular complexity index is 539. The number of Topliss-reactive ketones (excluding diaryl/α,β-unsaturated/α-hetero) is 1. The van der Waals surface area contributed by atoms with Crippen LogP contribution in [0.15, 0.2) is 23.7 Å². The highest BCUT2D eigenvalue weighted by molar-refractivity contribution is 7.09. The van der Waals surface area contributed by atoms with Crippen LogP contribution in [0, 0.1) is 0 Å². The molecular weight excluding hydrogens is 272 g/mol. The minimum atomic E-state index is -0.146. The second-order valence-electron chi connectivity index (χ2n) is 3.57. The molecule has 0 atom stereocenters. The fourth-order valence-corrected chi connectivity index (χ4v) is 2.37. The van der Waals surface area contributed by atoms with Crippen molar-refractivity contribution in [2.75, 3.05) is 13.0 Å². The molecule has 0 aliphatic carbocycles. The van der Waals surface area contributed by atoms with Gasteiger partial charge in [0.1, 0.15) is 5.69 Å². The predicted molar refractivity (Wildman–Crippen MR) is 70.8 cm³/mol. The second kappa shape index (κ2) is 5.93. The Morgan fingerprint density at radius 2 is 2.33 bits per heavy atom. The average Bonchev–Trinajstić information content (AvgIpc) is 2.87. The molecule has 0 unspecified atom stereocenters. The molecule has 2 aromatic rings. The molecule has 0 saturated heterocycles. The number of carbonyl (C=O) groups excluding carboxylic acids is 1. The molecule has 6 heteroatoms. The lowest BCUT2D eigenvalue weighted by Crippen LogP contribution is -2.01. The maximum Gasteiger partial charge on any atom is 0.212 e. The van der Waals surface area contributed by atoms with Crippen LogP contribution in [0.1, 0.15) is 21.1 Å². The summed E-state index contributed by atoms with van der Waals surface area (Å²) in [5.41, 5.74) is 1.46. The lowest BCUT2D eigenvalue weighted by Gasteiger charge is -2.00. The molecule has 0 aliphatic heterocycles. The van der Waals surface area contributed by atoms with E-state index in [4.69, 9.17) is 16.3 Å². The fraction of sp³-hybridized carbons (Fsp3) is 0.250. The zero-order valence-electron chi connectivity index (χ0n) is 9.72. The quantitative estimate of drug-likeness (QED) is 0.625. The van der Waals surface area contributed by atoms with Gasteiger partial charge in [0.25, 0.3) is 0 Å². The van der Waals surface area contributed by atoms with Gasteiger partial charge in [0.15, 0.2) is 5.78 Å². The second-order valence-corrected chi connectivity index (χ2v) is 4.78. The van der Waals surface area contributed by atoms with Crippen LogP contribution in [-0.2, 0) is 6.42 Å². The van der Waals surface area contributed by atoms with E-state index in [2.05, 4.69) is 9.97 Å². The lowest BCUT2D eigenvalue weighted by atomic mass is 10.2. The molecule has 2 heterocycles. The number of nitrogens with zero attached hydrogens (tertiary/aromatic N) is 2. The maximum atomic E-state index is 11.3. The van der Waals surface area contributed by atoms with Crippen molar-refractivity contribution < 1.29 is 9.53 Å². The summed E-state index contributed by atoms with van der Waals surface area (Å²) in [5, 5.41) is 2.60. The van der Waals surface area contributed by atoms with E-state index in [0.717, 1.165) is 10.6 Å². The van der Waals surface area contributed by atoms with Gasteiger partial charge in [0.2, 0.25) is 5.88 Å². The molecule has 94 valence electrons. The van der Waals surface area contributed by atoms with Crippen LogP contribution >= 0.6 is 22.9 Å². The van der Waals surface area contributed by atoms with E-state index in [1.807, 2.05) is 6.07 Å². The number of ether oxygens (including phenoxy) is 1. The van der Waals surface area contributed by atoms with Gasteiger partial charge < -0.3 is 4.74 Å². The van der Waals surface area contributed by atoms with E-state index in [0.29, 0.717) is 18.0 Å². The molecule has 18 heavy (non-hydrogen) atoms.